The predicted octanol–water partition coefficient (Wildman–Crippen LogP) is 0.564. The van der Waals surface area contributed by atoms with Crippen LogP contribution in [-0.4, -0.2) is 26.7 Å². The largest absolute Gasteiger partial charge is 0.455 e. The molecule has 6 heteroatoms. The van der Waals surface area contributed by atoms with E-state index < -0.39 is 22.2 Å². The van der Waals surface area contributed by atoms with Gasteiger partial charge in [0, 0.05) is 0 Å². The van der Waals surface area contributed by atoms with Gasteiger partial charge in [0.05, 0.1) is 11.8 Å². The second kappa shape index (κ2) is 3.32. The van der Waals surface area contributed by atoms with E-state index in [2.05, 4.69) is 4.18 Å². The molecule has 1 heterocycles. The maximum absolute atomic E-state index is 11.6. The molecular weight excluding hydrogens is 220 g/mol. The summed E-state index contributed by atoms with van der Waals surface area (Å²) in [6.45, 7) is 0. The first-order valence-corrected chi connectivity index (χ1v) is 5.97. The molecule has 0 N–H and O–H groups in total. The lowest BCUT2D eigenvalue weighted by Gasteiger charge is -2.07. The number of rotatable bonds is 2. The average molecular weight is 228 g/mol. The third-order valence-electron chi connectivity index (χ3n) is 1.86. The molecule has 0 radical (unpaired) electrons. The van der Waals surface area contributed by atoms with Crippen molar-refractivity contribution in [2.24, 2.45) is 0 Å². The number of carbonyl (C=O) groups is 1. The van der Waals surface area contributed by atoms with E-state index in [1.807, 2.05) is 0 Å². The molecule has 0 saturated heterocycles. The van der Waals surface area contributed by atoms with Crippen molar-refractivity contribution in [3.05, 3.63) is 29.8 Å². The van der Waals surface area contributed by atoms with Crippen LogP contribution in [-0.2, 0) is 14.3 Å². The third-order valence-corrected chi connectivity index (χ3v) is 2.39. The molecule has 0 aromatic heterocycles. The first kappa shape index (κ1) is 10.1. The van der Waals surface area contributed by atoms with E-state index in [4.69, 9.17) is 4.74 Å². The Morgan fingerprint density at radius 2 is 2.00 bits per heavy atom. The summed E-state index contributed by atoms with van der Waals surface area (Å²) in [5.41, 5.74) is 0.339. The highest BCUT2D eigenvalue weighted by Gasteiger charge is 2.35. The van der Waals surface area contributed by atoms with E-state index in [0.717, 1.165) is 6.26 Å². The lowest BCUT2D eigenvalue weighted by Crippen LogP contribution is -2.26. The summed E-state index contributed by atoms with van der Waals surface area (Å²) in [6.07, 6.45) is -0.510. The molecule has 15 heavy (non-hydrogen) atoms. The fourth-order valence-corrected chi connectivity index (χ4v) is 1.74. The monoisotopic (exact) mass is 228 g/mol. The van der Waals surface area contributed by atoms with Crippen molar-refractivity contribution >= 4 is 15.9 Å². The highest BCUT2D eigenvalue weighted by atomic mass is 32.2. The topological polar surface area (TPSA) is 69.7 Å². The minimum Gasteiger partial charge on any atom is -0.455 e. The van der Waals surface area contributed by atoms with Crippen LogP contribution in [0.5, 0.6) is 5.75 Å². The maximum Gasteiger partial charge on any atom is 0.280 e. The van der Waals surface area contributed by atoms with Gasteiger partial charge in [0.15, 0.2) is 0 Å². The number of carbonyl (C=O) groups excluding carboxylic acids is 1. The number of hydrogen-bond donors (Lipinski definition) is 0. The van der Waals surface area contributed by atoms with Crippen molar-refractivity contribution in [2.45, 2.75) is 6.29 Å². The number of Topliss-reactive ketones (excluding diaryl/α,β-unsaturated/α-hetero) is 1. The van der Waals surface area contributed by atoms with Gasteiger partial charge in [-0.15, -0.1) is 0 Å². The number of ether oxygens (including phenoxy) is 1. The Bertz CT molecular complexity index is 505. The molecule has 0 spiro atoms. The van der Waals surface area contributed by atoms with E-state index in [-0.39, 0.29) is 0 Å². The summed E-state index contributed by atoms with van der Waals surface area (Å²) in [4.78, 5) is 11.6. The minimum atomic E-state index is -3.70. The zero-order valence-electron chi connectivity index (χ0n) is 7.84. The van der Waals surface area contributed by atoms with Crippen molar-refractivity contribution in [1.29, 1.82) is 0 Å². The molecule has 0 saturated carbocycles. The van der Waals surface area contributed by atoms with Crippen molar-refractivity contribution in [3.8, 4) is 5.75 Å². The Kier molecular flexibility index (Phi) is 2.24. The zero-order chi connectivity index (χ0) is 11.1. The Morgan fingerprint density at radius 1 is 1.33 bits per heavy atom. The van der Waals surface area contributed by atoms with Crippen molar-refractivity contribution in [2.75, 3.05) is 6.26 Å². The number of fused-ring (bicyclic) bond motifs is 1. The summed E-state index contributed by atoms with van der Waals surface area (Å²) in [5.74, 6) is -0.132. The second-order valence-corrected chi connectivity index (χ2v) is 4.71. The van der Waals surface area contributed by atoms with E-state index in [1.165, 1.54) is 0 Å². The number of ketones is 1. The fraction of sp³-hybridized carbons (Fsp3) is 0.222. The van der Waals surface area contributed by atoms with Crippen LogP contribution in [0.3, 0.4) is 0 Å². The van der Waals surface area contributed by atoms with E-state index >= 15 is 0 Å². The molecule has 0 amide bonds. The van der Waals surface area contributed by atoms with Crippen LogP contribution in [0.25, 0.3) is 0 Å². The third kappa shape index (κ3) is 2.00. The van der Waals surface area contributed by atoms with Crippen molar-refractivity contribution in [3.63, 3.8) is 0 Å². The van der Waals surface area contributed by atoms with Gasteiger partial charge >= 0.3 is 0 Å². The molecule has 1 aliphatic rings. The Labute approximate surface area is 86.7 Å². The number of hydrogen-bond acceptors (Lipinski definition) is 5. The summed E-state index contributed by atoms with van der Waals surface area (Å²) in [7, 11) is -3.70. The van der Waals surface area contributed by atoms with Crippen LogP contribution >= 0.6 is 0 Å². The van der Waals surface area contributed by atoms with Gasteiger partial charge in [0.2, 0.25) is 5.78 Å². The predicted molar refractivity (Wildman–Crippen MR) is 51.1 cm³/mol. The first-order valence-electron chi connectivity index (χ1n) is 4.15. The van der Waals surface area contributed by atoms with Gasteiger partial charge in [-0.3, -0.25) is 4.79 Å². The summed E-state index contributed by atoms with van der Waals surface area (Å²) in [5, 5.41) is 0. The smallest absolute Gasteiger partial charge is 0.280 e. The van der Waals surface area contributed by atoms with Crippen molar-refractivity contribution < 1.29 is 22.1 Å². The second-order valence-electron chi connectivity index (χ2n) is 3.11. The molecule has 0 bridgehead atoms. The summed E-state index contributed by atoms with van der Waals surface area (Å²) < 4.78 is 31.2. The highest BCUT2D eigenvalue weighted by Crippen LogP contribution is 2.29. The van der Waals surface area contributed by atoms with Gasteiger partial charge in [0.25, 0.3) is 16.4 Å². The van der Waals surface area contributed by atoms with Crippen LogP contribution < -0.4 is 4.74 Å². The van der Waals surface area contributed by atoms with E-state index in [9.17, 15) is 13.2 Å². The molecule has 2 rings (SSSR count). The molecule has 80 valence electrons. The van der Waals surface area contributed by atoms with Gasteiger partial charge < -0.3 is 4.74 Å². The summed E-state index contributed by atoms with van der Waals surface area (Å²) >= 11 is 0. The molecular formula is C9H8O5S. The van der Waals surface area contributed by atoms with Crippen LogP contribution in [0, 0.1) is 0 Å². The van der Waals surface area contributed by atoms with Crippen LogP contribution in [0.4, 0.5) is 0 Å². The molecule has 1 aromatic carbocycles. The van der Waals surface area contributed by atoms with Crippen LogP contribution in [0.15, 0.2) is 24.3 Å². The SMILES string of the molecule is CS(=O)(=O)OC1Oc2ccccc2C1=O. The molecule has 0 fully saturated rings. The molecule has 1 unspecified atom stereocenters. The standard InChI is InChI=1S/C9H8O5S/c1-15(11,12)14-9-8(10)6-4-2-3-5-7(6)13-9/h2-5,9H,1H3. The Hall–Kier alpha value is -1.40. The molecule has 1 aliphatic heterocycles. The van der Waals surface area contributed by atoms with Gasteiger partial charge in [-0.1, -0.05) is 12.1 Å². The number of para-hydroxylation sites is 1. The maximum atomic E-state index is 11.6. The van der Waals surface area contributed by atoms with Crippen molar-refractivity contribution in [1.82, 2.24) is 0 Å². The highest BCUT2D eigenvalue weighted by molar-refractivity contribution is 7.86. The zero-order valence-corrected chi connectivity index (χ0v) is 8.65. The first-order chi connectivity index (χ1) is 6.97. The van der Waals surface area contributed by atoms with Gasteiger partial charge in [-0.05, 0) is 12.1 Å². The Morgan fingerprint density at radius 3 is 2.60 bits per heavy atom. The Balaban J connectivity index is 2.28. The van der Waals surface area contributed by atoms with E-state index in [0.29, 0.717) is 11.3 Å². The summed E-state index contributed by atoms with van der Waals surface area (Å²) in [6, 6.07) is 6.50. The lowest BCUT2D eigenvalue weighted by molar-refractivity contribution is 0.0280. The normalized spacial score (nSPS) is 19.8. The lowest BCUT2D eigenvalue weighted by atomic mass is 10.1. The minimum absolute atomic E-state index is 0.339. The molecule has 0 aliphatic carbocycles. The van der Waals surface area contributed by atoms with Gasteiger partial charge in [-0.25, -0.2) is 4.18 Å². The number of benzene rings is 1. The van der Waals surface area contributed by atoms with E-state index in [1.54, 1.807) is 24.3 Å². The fourth-order valence-electron chi connectivity index (χ4n) is 1.29. The van der Waals surface area contributed by atoms with Gasteiger partial charge in [-0.2, -0.15) is 8.42 Å². The van der Waals surface area contributed by atoms with Crippen LogP contribution in [0.2, 0.25) is 0 Å². The molecule has 1 atom stereocenters. The quantitative estimate of drug-likeness (QED) is 0.692. The van der Waals surface area contributed by atoms with Gasteiger partial charge in [0.1, 0.15) is 5.75 Å². The van der Waals surface area contributed by atoms with Crippen LogP contribution in [0.1, 0.15) is 10.4 Å². The molecule has 1 aromatic rings. The molecule has 5 nitrogen and oxygen atoms in total. The average Bonchev–Trinajstić information content (AvgIpc) is 2.42.